The molecule has 1 amide bonds. The third-order valence-corrected chi connectivity index (χ3v) is 7.59. The topological polar surface area (TPSA) is 57.8 Å². The van der Waals surface area contributed by atoms with E-state index in [9.17, 15) is 18.0 Å². The fourth-order valence-corrected chi connectivity index (χ4v) is 5.59. The van der Waals surface area contributed by atoms with Crippen molar-refractivity contribution < 1.29 is 18.0 Å². The average molecular weight is 618 g/mol. The van der Waals surface area contributed by atoms with Gasteiger partial charge < -0.3 is 10.3 Å². The number of rotatable bonds is 11. The van der Waals surface area contributed by atoms with Crippen LogP contribution >= 0.6 is 11.6 Å². The number of H-pyrrole nitrogens is 1. The predicted molar refractivity (Wildman–Crippen MR) is 175 cm³/mol. The third-order valence-electron chi connectivity index (χ3n) is 7.27. The Morgan fingerprint density at radius 3 is 2.52 bits per heavy atom. The summed E-state index contributed by atoms with van der Waals surface area (Å²) in [5.41, 5.74) is 6.16. The first kappa shape index (κ1) is 32.6. The smallest absolute Gasteiger partial charge is 0.345 e. The summed E-state index contributed by atoms with van der Waals surface area (Å²) in [5.74, 6) is 0.219. The molecule has 4 rings (SSSR count). The Kier molecular flexibility index (Phi) is 10.3. The maximum absolute atomic E-state index is 13.6. The molecule has 0 saturated carbocycles. The number of nitrogens with zero attached hydrogens (tertiary/aromatic N) is 1. The van der Waals surface area contributed by atoms with Crippen molar-refractivity contribution in [1.29, 1.82) is 0 Å². The van der Waals surface area contributed by atoms with Crippen molar-refractivity contribution in [1.82, 2.24) is 15.3 Å². The maximum Gasteiger partial charge on any atom is 0.393 e. The van der Waals surface area contributed by atoms with E-state index in [4.69, 9.17) is 16.6 Å². The summed E-state index contributed by atoms with van der Waals surface area (Å²) in [6.07, 6.45) is 1.24. The summed E-state index contributed by atoms with van der Waals surface area (Å²) >= 11 is 6.80. The molecule has 0 fully saturated rings. The lowest BCUT2D eigenvalue weighted by molar-refractivity contribution is -0.127. The van der Waals surface area contributed by atoms with Gasteiger partial charge in [-0.25, -0.2) is 4.98 Å². The van der Waals surface area contributed by atoms with Gasteiger partial charge in [0.15, 0.2) is 0 Å². The number of allylic oxidation sites excluding steroid dienone is 2. The highest BCUT2D eigenvalue weighted by molar-refractivity contribution is 6.34. The Morgan fingerprint density at radius 1 is 1.11 bits per heavy atom. The molecule has 4 nitrogen and oxygen atoms in total. The van der Waals surface area contributed by atoms with E-state index in [0.717, 1.165) is 22.4 Å². The van der Waals surface area contributed by atoms with Gasteiger partial charge in [-0.2, -0.15) is 13.2 Å². The van der Waals surface area contributed by atoms with E-state index in [0.29, 0.717) is 51.6 Å². The molecule has 0 aliphatic rings. The zero-order valence-corrected chi connectivity index (χ0v) is 25.7. The molecular weight excluding hydrogens is 583 g/mol. The second kappa shape index (κ2) is 14.0. The van der Waals surface area contributed by atoms with E-state index in [1.54, 1.807) is 42.5 Å². The van der Waals surface area contributed by atoms with Crippen LogP contribution in [0.5, 0.6) is 0 Å². The van der Waals surface area contributed by atoms with Crippen LogP contribution in [0, 0.1) is 0 Å². The zero-order chi connectivity index (χ0) is 32.0. The summed E-state index contributed by atoms with van der Waals surface area (Å²) in [6, 6.07) is 16.6. The summed E-state index contributed by atoms with van der Waals surface area (Å²) in [6.45, 7) is 13.7. The second-order valence-corrected chi connectivity index (χ2v) is 11.0. The van der Waals surface area contributed by atoms with Gasteiger partial charge in [0.25, 0.3) is 5.91 Å². The van der Waals surface area contributed by atoms with Crippen LogP contribution in [0.15, 0.2) is 79.9 Å². The molecule has 228 valence electrons. The van der Waals surface area contributed by atoms with Crippen molar-refractivity contribution in [2.24, 2.45) is 0 Å². The first-order chi connectivity index (χ1) is 21.0. The molecule has 0 bridgehead atoms. The number of hydrogen-bond acceptors (Lipinski definition) is 2. The minimum Gasteiger partial charge on any atom is -0.345 e. The average Bonchev–Trinajstić information content (AvgIpc) is 3.39. The number of aromatic nitrogens is 2. The van der Waals surface area contributed by atoms with Crippen LogP contribution in [-0.2, 0) is 6.42 Å². The Bertz CT molecular complexity index is 1720. The molecular formula is C36H35ClF3N3O. The first-order valence-electron chi connectivity index (χ1n) is 14.4. The number of nitrogens with one attached hydrogen (secondary N) is 2. The standard InChI is InChI=1S/C36H35ClF3N3O/c1-6-12-31(25-15-10-9-14-24(25)21-36(38,39)40)43-35(44)23-18-19-26(28(20-23)22(4)5)33-27(16-11-17-29(33)37)34-41-30(8-3)32(42-34)13-7-2/h7-11,13-20,31H,3-4,6,12,21H2,1-2,5H3,(H,41,42)(H,43,44)/b13-7-. The van der Waals surface area contributed by atoms with Crippen molar-refractivity contribution in [3.63, 3.8) is 0 Å². The van der Waals surface area contributed by atoms with Crippen LogP contribution in [-0.4, -0.2) is 22.1 Å². The third kappa shape index (κ3) is 7.40. The quantitative estimate of drug-likeness (QED) is 0.176. The molecule has 4 aromatic rings. The van der Waals surface area contributed by atoms with E-state index in [1.165, 1.54) is 6.07 Å². The molecule has 2 N–H and O–H groups in total. The highest BCUT2D eigenvalue weighted by Crippen LogP contribution is 2.41. The van der Waals surface area contributed by atoms with Crippen molar-refractivity contribution >= 4 is 35.2 Å². The van der Waals surface area contributed by atoms with Gasteiger partial charge in [-0.3, -0.25) is 4.79 Å². The molecule has 1 aromatic heterocycles. The van der Waals surface area contributed by atoms with Gasteiger partial charge in [-0.15, -0.1) is 0 Å². The normalized spacial score (nSPS) is 12.3. The van der Waals surface area contributed by atoms with Crippen LogP contribution in [0.2, 0.25) is 5.02 Å². The van der Waals surface area contributed by atoms with Gasteiger partial charge in [0.1, 0.15) is 5.82 Å². The van der Waals surface area contributed by atoms with Crippen molar-refractivity contribution in [3.8, 4) is 22.5 Å². The second-order valence-electron chi connectivity index (χ2n) is 10.6. The number of halogens is 4. The lowest BCUT2D eigenvalue weighted by Crippen LogP contribution is -2.30. The number of carbonyl (C=O) groups excluding carboxylic acids is 1. The molecule has 0 aliphatic carbocycles. The fraction of sp³-hybridized carbons (Fsp3) is 0.222. The molecule has 3 aromatic carbocycles. The van der Waals surface area contributed by atoms with Gasteiger partial charge in [-0.05, 0) is 72.9 Å². The summed E-state index contributed by atoms with van der Waals surface area (Å²) < 4.78 is 39.9. The van der Waals surface area contributed by atoms with Gasteiger partial charge >= 0.3 is 6.18 Å². The number of aromatic amines is 1. The van der Waals surface area contributed by atoms with Gasteiger partial charge in [0.2, 0.25) is 0 Å². The Hall–Kier alpha value is -4.36. The van der Waals surface area contributed by atoms with E-state index in [-0.39, 0.29) is 5.56 Å². The Labute approximate surface area is 261 Å². The Morgan fingerprint density at radius 2 is 1.86 bits per heavy atom. The van der Waals surface area contributed by atoms with Crippen LogP contribution in [0.25, 0.3) is 40.2 Å². The molecule has 0 saturated heterocycles. The SMILES string of the molecule is C=Cc1nc(-c2cccc(Cl)c2-c2ccc(C(=O)NC(CCC)c3ccccc3CC(F)(F)F)cc2C(=C)C)[nH]c1/C=C\C. The van der Waals surface area contributed by atoms with E-state index >= 15 is 0 Å². The van der Waals surface area contributed by atoms with Crippen molar-refractivity contribution in [3.05, 3.63) is 119 Å². The number of carbonyl (C=O) groups is 1. The highest BCUT2D eigenvalue weighted by Gasteiger charge is 2.30. The van der Waals surface area contributed by atoms with Gasteiger partial charge in [0.05, 0.1) is 23.9 Å². The van der Waals surface area contributed by atoms with E-state index in [2.05, 4.69) is 23.5 Å². The molecule has 1 unspecified atom stereocenters. The molecule has 1 heterocycles. The number of hydrogen-bond donors (Lipinski definition) is 2. The minimum atomic E-state index is -4.36. The lowest BCUT2D eigenvalue weighted by atomic mass is 9.90. The summed E-state index contributed by atoms with van der Waals surface area (Å²) in [5, 5.41) is 3.48. The van der Waals surface area contributed by atoms with E-state index < -0.39 is 24.5 Å². The van der Waals surface area contributed by atoms with Crippen molar-refractivity contribution in [2.45, 2.75) is 52.3 Å². The number of amides is 1. The van der Waals surface area contributed by atoms with Crippen molar-refractivity contribution in [2.75, 3.05) is 0 Å². The largest absolute Gasteiger partial charge is 0.393 e. The van der Waals surface area contributed by atoms with Crippen LogP contribution < -0.4 is 5.32 Å². The van der Waals surface area contributed by atoms with Gasteiger partial charge in [0, 0.05) is 21.7 Å². The maximum atomic E-state index is 13.6. The number of alkyl halides is 3. The van der Waals surface area contributed by atoms with Gasteiger partial charge in [-0.1, -0.05) is 92.2 Å². The first-order valence-corrected chi connectivity index (χ1v) is 14.7. The van der Waals surface area contributed by atoms with Crippen LogP contribution in [0.4, 0.5) is 13.2 Å². The molecule has 0 aliphatic heterocycles. The predicted octanol–water partition coefficient (Wildman–Crippen LogP) is 10.5. The zero-order valence-electron chi connectivity index (χ0n) is 25.0. The summed E-state index contributed by atoms with van der Waals surface area (Å²) in [7, 11) is 0. The monoisotopic (exact) mass is 617 g/mol. The molecule has 0 spiro atoms. The van der Waals surface area contributed by atoms with Crippen LogP contribution in [0.1, 0.15) is 78.1 Å². The molecule has 1 atom stereocenters. The van der Waals surface area contributed by atoms with Crippen LogP contribution in [0.3, 0.4) is 0 Å². The summed E-state index contributed by atoms with van der Waals surface area (Å²) in [4.78, 5) is 21.7. The molecule has 8 heteroatoms. The van der Waals surface area contributed by atoms with E-state index in [1.807, 2.05) is 51.1 Å². The highest BCUT2D eigenvalue weighted by atomic mass is 35.5. The lowest BCUT2D eigenvalue weighted by Gasteiger charge is -2.23. The fourth-order valence-electron chi connectivity index (χ4n) is 5.32. The minimum absolute atomic E-state index is 0.151. The molecule has 0 radical (unpaired) electrons. The Balaban J connectivity index is 1.75. The number of benzene rings is 3. The number of imidazole rings is 1. The molecule has 44 heavy (non-hydrogen) atoms.